The Kier molecular flexibility index (Phi) is 6.85. The highest BCUT2D eigenvalue weighted by molar-refractivity contribution is 5.90. The molecule has 0 spiro atoms. The number of rotatable bonds is 8. The van der Waals surface area contributed by atoms with Gasteiger partial charge in [0.2, 0.25) is 5.88 Å². The summed E-state index contributed by atoms with van der Waals surface area (Å²) in [5.41, 5.74) is 0.937. The van der Waals surface area contributed by atoms with Crippen LogP contribution < -0.4 is 9.64 Å². The predicted octanol–water partition coefficient (Wildman–Crippen LogP) is 6.35. The molecule has 2 aliphatic rings. The third-order valence-electron chi connectivity index (χ3n) is 7.64. The Morgan fingerprint density at radius 3 is 2.58 bits per heavy atom. The molecule has 224 valence electrons. The molecule has 3 aromatic heterocycles. The Labute approximate surface area is 245 Å². The number of methoxy groups -OCH3 is 1. The maximum Gasteiger partial charge on any atom is 0.416 e. The van der Waals surface area contributed by atoms with Gasteiger partial charge in [0.15, 0.2) is 5.82 Å². The molecule has 13 heteroatoms. The van der Waals surface area contributed by atoms with Crippen molar-refractivity contribution in [2.24, 2.45) is 0 Å². The van der Waals surface area contributed by atoms with Crippen LogP contribution in [-0.2, 0) is 29.3 Å². The summed E-state index contributed by atoms with van der Waals surface area (Å²) in [4.78, 5) is 36.7. The van der Waals surface area contributed by atoms with Crippen LogP contribution in [0.15, 0.2) is 36.9 Å². The fourth-order valence-corrected chi connectivity index (χ4v) is 5.20. The number of nitrogens with zero attached hydrogens (tertiary/aromatic N) is 7. The highest BCUT2D eigenvalue weighted by Gasteiger charge is 2.41. The molecule has 1 fully saturated rings. The van der Waals surface area contributed by atoms with Crippen LogP contribution >= 0.6 is 0 Å². The summed E-state index contributed by atoms with van der Waals surface area (Å²) in [6, 6.07) is 4.34. The van der Waals surface area contributed by atoms with E-state index < -0.39 is 29.1 Å². The van der Waals surface area contributed by atoms with E-state index in [1.165, 1.54) is 41.2 Å². The minimum absolute atomic E-state index is 0.0669. The lowest BCUT2D eigenvalue weighted by Crippen LogP contribution is -2.43. The van der Waals surface area contributed by atoms with Crippen molar-refractivity contribution in [3.8, 4) is 28.7 Å². The van der Waals surface area contributed by atoms with Gasteiger partial charge in [-0.3, -0.25) is 4.90 Å². The lowest BCUT2D eigenvalue weighted by Gasteiger charge is -2.37. The molecular weight excluding hydrogens is 563 g/mol. The number of aryl methyl sites for hydroxylation is 1. The molecule has 0 N–H and O–H groups in total. The fourth-order valence-electron chi connectivity index (χ4n) is 5.20. The smallest absolute Gasteiger partial charge is 0.416 e. The molecule has 1 aliphatic carbocycles. The molecule has 4 aromatic rings. The van der Waals surface area contributed by atoms with E-state index in [-0.39, 0.29) is 23.9 Å². The number of aromatic nitrogens is 6. The van der Waals surface area contributed by atoms with Gasteiger partial charge in [0, 0.05) is 31.8 Å². The molecule has 4 heterocycles. The van der Waals surface area contributed by atoms with Gasteiger partial charge in [-0.1, -0.05) is 6.07 Å². The lowest BCUT2D eigenvalue weighted by molar-refractivity contribution is 0.0131. The summed E-state index contributed by atoms with van der Waals surface area (Å²) in [6.07, 6.45) is 5.57. The standard InChI is InChI=1S/C30H30F3N7O3/c1-6-39-14-21(30(4,32)33)37-25(39)18-10-7-16(11-20(18)31)13-40-26-19(29(2,3)43-28(40)41)12-34-24(38-26)22-23(17-8-9-17)35-15-36-27(22)42-5/h7,10-12,14-15,17H,6,8-9,13H2,1-5H3. The third kappa shape index (κ3) is 5.17. The van der Waals surface area contributed by atoms with Crippen LogP contribution in [-0.4, -0.2) is 42.7 Å². The Morgan fingerprint density at radius 2 is 1.93 bits per heavy atom. The average molecular weight is 594 g/mol. The molecule has 43 heavy (non-hydrogen) atoms. The van der Waals surface area contributed by atoms with Gasteiger partial charge in [-0.15, -0.1) is 0 Å². The number of halogens is 3. The van der Waals surface area contributed by atoms with Crippen LogP contribution in [0.5, 0.6) is 5.88 Å². The summed E-state index contributed by atoms with van der Waals surface area (Å²) in [5.74, 6) is -2.57. The van der Waals surface area contributed by atoms with Crippen molar-refractivity contribution in [2.45, 2.75) is 71.1 Å². The van der Waals surface area contributed by atoms with Crippen molar-refractivity contribution in [3.05, 3.63) is 65.3 Å². The number of cyclic esters (lactones) is 1. The summed E-state index contributed by atoms with van der Waals surface area (Å²) in [7, 11) is 1.51. The van der Waals surface area contributed by atoms with E-state index in [9.17, 15) is 13.6 Å². The zero-order chi connectivity index (χ0) is 30.7. The minimum Gasteiger partial charge on any atom is -0.480 e. The molecule has 1 amide bonds. The van der Waals surface area contributed by atoms with Crippen LogP contribution in [0.25, 0.3) is 22.8 Å². The topological polar surface area (TPSA) is 108 Å². The first-order chi connectivity index (χ1) is 20.4. The van der Waals surface area contributed by atoms with Crippen LogP contribution in [0.4, 0.5) is 23.8 Å². The van der Waals surface area contributed by atoms with E-state index in [1.807, 2.05) is 0 Å². The average Bonchev–Trinajstić information content (AvgIpc) is 3.71. The van der Waals surface area contributed by atoms with Crippen molar-refractivity contribution in [1.82, 2.24) is 29.5 Å². The van der Waals surface area contributed by atoms with Crippen LogP contribution in [0, 0.1) is 5.82 Å². The number of amides is 1. The maximum atomic E-state index is 15.5. The van der Waals surface area contributed by atoms with E-state index in [0.717, 1.165) is 25.5 Å². The molecule has 0 radical (unpaired) electrons. The monoisotopic (exact) mass is 593 g/mol. The number of anilines is 1. The van der Waals surface area contributed by atoms with E-state index in [4.69, 9.17) is 14.5 Å². The van der Waals surface area contributed by atoms with Crippen LogP contribution in [0.2, 0.25) is 0 Å². The number of benzene rings is 1. The van der Waals surface area contributed by atoms with Crippen LogP contribution in [0.3, 0.4) is 0 Å². The Morgan fingerprint density at radius 1 is 1.16 bits per heavy atom. The second-order valence-corrected chi connectivity index (χ2v) is 11.3. The van der Waals surface area contributed by atoms with E-state index >= 15 is 4.39 Å². The van der Waals surface area contributed by atoms with Gasteiger partial charge in [0.25, 0.3) is 5.92 Å². The molecule has 6 rings (SSSR count). The molecule has 0 unspecified atom stereocenters. The fraction of sp³-hybridized carbons (Fsp3) is 0.400. The quantitative estimate of drug-likeness (QED) is 0.233. The Hall–Kier alpha value is -4.55. The van der Waals surface area contributed by atoms with Gasteiger partial charge in [-0.2, -0.15) is 8.78 Å². The summed E-state index contributed by atoms with van der Waals surface area (Å²) in [6.45, 7) is 6.24. The minimum atomic E-state index is -3.17. The molecule has 1 aromatic carbocycles. The van der Waals surface area contributed by atoms with E-state index in [2.05, 4.69) is 19.9 Å². The number of fused-ring (bicyclic) bond motifs is 1. The first-order valence-electron chi connectivity index (χ1n) is 13.9. The van der Waals surface area contributed by atoms with Crippen molar-refractivity contribution < 1.29 is 27.4 Å². The highest BCUT2D eigenvalue weighted by atomic mass is 19.3. The van der Waals surface area contributed by atoms with Crippen molar-refractivity contribution in [2.75, 3.05) is 12.0 Å². The second kappa shape index (κ2) is 10.3. The first kappa shape index (κ1) is 28.6. The molecule has 10 nitrogen and oxygen atoms in total. The third-order valence-corrected chi connectivity index (χ3v) is 7.64. The highest BCUT2D eigenvalue weighted by Crippen LogP contribution is 2.46. The predicted molar refractivity (Wildman–Crippen MR) is 150 cm³/mol. The Bertz CT molecular complexity index is 1730. The van der Waals surface area contributed by atoms with Gasteiger partial charge in [0.05, 0.1) is 30.5 Å². The molecular formula is C30H30F3N7O3. The molecule has 0 bridgehead atoms. The number of hydrogen-bond acceptors (Lipinski definition) is 8. The zero-order valence-corrected chi connectivity index (χ0v) is 24.4. The van der Waals surface area contributed by atoms with Gasteiger partial charge < -0.3 is 14.0 Å². The summed E-state index contributed by atoms with van der Waals surface area (Å²) >= 11 is 0. The SMILES string of the molecule is CCn1cc(C(C)(F)F)nc1-c1ccc(CN2C(=O)OC(C)(C)c3cnc(-c4c(OC)ncnc4C4CC4)nc32)cc1F. The number of imidazole rings is 1. The molecule has 1 saturated carbocycles. The van der Waals surface area contributed by atoms with Gasteiger partial charge in [-0.05, 0) is 51.3 Å². The molecule has 1 aliphatic heterocycles. The number of carbonyl (C=O) groups excluding carboxylic acids is 1. The number of hydrogen-bond donors (Lipinski definition) is 0. The molecule has 0 saturated heterocycles. The lowest BCUT2D eigenvalue weighted by atomic mass is 9.97. The zero-order valence-electron chi connectivity index (χ0n) is 24.4. The van der Waals surface area contributed by atoms with Gasteiger partial charge in [-0.25, -0.2) is 34.1 Å². The van der Waals surface area contributed by atoms with Crippen molar-refractivity contribution >= 4 is 11.9 Å². The van der Waals surface area contributed by atoms with E-state index in [1.54, 1.807) is 33.0 Å². The number of alkyl halides is 2. The van der Waals surface area contributed by atoms with Gasteiger partial charge in [0.1, 0.15) is 40.6 Å². The van der Waals surface area contributed by atoms with Crippen molar-refractivity contribution in [3.63, 3.8) is 0 Å². The summed E-state index contributed by atoms with van der Waals surface area (Å²) < 4.78 is 56.1. The first-order valence-corrected chi connectivity index (χ1v) is 13.9. The van der Waals surface area contributed by atoms with Crippen LogP contribution in [0.1, 0.15) is 69.0 Å². The number of ether oxygens (including phenoxy) is 2. The second-order valence-electron chi connectivity index (χ2n) is 11.3. The number of carbonyl (C=O) groups is 1. The largest absolute Gasteiger partial charge is 0.480 e. The molecule has 0 atom stereocenters. The Balaban J connectivity index is 1.39. The van der Waals surface area contributed by atoms with Gasteiger partial charge >= 0.3 is 6.09 Å². The van der Waals surface area contributed by atoms with Crippen molar-refractivity contribution in [1.29, 1.82) is 0 Å². The normalized spacial score (nSPS) is 16.2. The van der Waals surface area contributed by atoms with E-state index in [0.29, 0.717) is 40.8 Å². The summed E-state index contributed by atoms with van der Waals surface area (Å²) in [5, 5.41) is 0. The maximum absolute atomic E-state index is 15.5.